The van der Waals surface area contributed by atoms with Crippen LogP contribution in [0.4, 0.5) is 22.0 Å². The highest BCUT2D eigenvalue weighted by Gasteiger charge is 2.28. The van der Waals surface area contributed by atoms with E-state index in [2.05, 4.69) is 5.32 Å². The quantitative estimate of drug-likeness (QED) is 0.648. The van der Waals surface area contributed by atoms with E-state index in [4.69, 9.17) is 0 Å². The Balaban J connectivity index is 2.45. The van der Waals surface area contributed by atoms with Crippen LogP contribution in [0, 0.1) is 0 Å². The first kappa shape index (κ1) is 14.2. The van der Waals surface area contributed by atoms with E-state index in [1.165, 1.54) is 24.3 Å². The molecule has 0 aliphatic heterocycles. The van der Waals surface area contributed by atoms with Crippen LogP contribution in [0.1, 0.15) is 5.56 Å². The molecule has 0 spiro atoms. The van der Waals surface area contributed by atoms with E-state index in [9.17, 15) is 22.0 Å². The van der Waals surface area contributed by atoms with Gasteiger partial charge in [0.15, 0.2) is 0 Å². The zero-order valence-corrected chi connectivity index (χ0v) is 9.42. The van der Waals surface area contributed by atoms with Gasteiger partial charge in [-0.1, -0.05) is 12.1 Å². The molecular formula is C10H10F5NS. The lowest BCUT2D eigenvalue weighted by Crippen LogP contribution is -2.20. The summed E-state index contributed by atoms with van der Waals surface area (Å²) in [5, 5.41) is 2.49. The highest BCUT2D eigenvalue weighted by molar-refractivity contribution is 8.00. The van der Waals surface area contributed by atoms with E-state index in [1.54, 1.807) is 0 Å². The van der Waals surface area contributed by atoms with Gasteiger partial charge >= 0.3 is 5.51 Å². The third kappa shape index (κ3) is 6.48. The molecule has 0 amide bonds. The maximum Gasteiger partial charge on any atom is 0.446 e. The molecule has 0 saturated heterocycles. The van der Waals surface area contributed by atoms with E-state index >= 15 is 0 Å². The fourth-order valence-electron chi connectivity index (χ4n) is 1.13. The van der Waals surface area contributed by atoms with Crippen LogP contribution in [-0.4, -0.2) is 18.5 Å². The lowest BCUT2D eigenvalue weighted by atomic mass is 10.2. The summed E-state index contributed by atoms with van der Waals surface area (Å²) in [6, 6.07) is 5.59. The van der Waals surface area contributed by atoms with Crippen LogP contribution < -0.4 is 5.32 Å². The Hall–Kier alpha value is -0.820. The number of rotatable bonds is 5. The second kappa shape index (κ2) is 6.20. The van der Waals surface area contributed by atoms with Gasteiger partial charge in [-0.2, -0.15) is 13.2 Å². The molecule has 0 radical (unpaired) electrons. The van der Waals surface area contributed by atoms with E-state index < -0.39 is 18.5 Å². The molecule has 0 aliphatic carbocycles. The van der Waals surface area contributed by atoms with Crippen LogP contribution in [0.5, 0.6) is 0 Å². The summed E-state index contributed by atoms with van der Waals surface area (Å²) in [4.78, 5) is 0.0788. The summed E-state index contributed by atoms with van der Waals surface area (Å²) in [7, 11) is 0. The number of benzene rings is 1. The van der Waals surface area contributed by atoms with Crippen molar-refractivity contribution in [1.82, 2.24) is 5.32 Å². The average molecular weight is 271 g/mol. The number of alkyl halides is 5. The number of hydrogen-bond donors (Lipinski definition) is 1. The Bertz CT molecular complexity index is 336. The second-order valence-corrected chi connectivity index (χ2v) is 4.35. The van der Waals surface area contributed by atoms with Crippen molar-refractivity contribution in [1.29, 1.82) is 0 Å². The molecule has 0 heterocycles. The average Bonchev–Trinajstić information content (AvgIpc) is 2.18. The smallest absolute Gasteiger partial charge is 0.307 e. The molecule has 0 aliphatic rings. The van der Waals surface area contributed by atoms with E-state index in [-0.39, 0.29) is 23.2 Å². The summed E-state index contributed by atoms with van der Waals surface area (Å²) in [5.41, 5.74) is -3.65. The number of nitrogens with one attached hydrogen (secondary N) is 1. The molecule has 17 heavy (non-hydrogen) atoms. The van der Waals surface area contributed by atoms with Crippen molar-refractivity contribution in [3.8, 4) is 0 Å². The van der Waals surface area contributed by atoms with Crippen molar-refractivity contribution < 1.29 is 22.0 Å². The van der Waals surface area contributed by atoms with Crippen molar-refractivity contribution in [3.05, 3.63) is 29.8 Å². The first-order valence-corrected chi connectivity index (χ1v) is 5.52. The van der Waals surface area contributed by atoms with Gasteiger partial charge in [0, 0.05) is 11.4 Å². The number of hydrogen-bond acceptors (Lipinski definition) is 2. The maximum atomic E-state index is 12.0. The topological polar surface area (TPSA) is 12.0 Å². The molecule has 96 valence electrons. The molecule has 0 atom stereocenters. The standard InChI is InChI=1S/C10H10F5NS/c11-9(12)6-16-5-7-1-3-8(4-2-7)17-10(13,14)15/h1-4,9,16H,5-6H2. The predicted octanol–water partition coefficient (Wildman–Crippen LogP) is 3.65. The Morgan fingerprint density at radius 1 is 1.12 bits per heavy atom. The molecule has 7 heteroatoms. The Kier molecular flexibility index (Phi) is 5.20. The zero-order valence-electron chi connectivity index (χ0n) is 8.60. The fourth-order valence-corrected chi connectivity index (χ4v) is 1.67. The molecule has 0 fully saturated rings. The molecule has 1 nitrogen and oxygen atoms in total. The molecule has 0 bridgehead atoms. The van der Waals surface area contributed by atoms with Gasteiger partial charge in [-0.3, -0.25) is 0 Å². The largest absolute Gasteiger partial charge is 0.446 e. The number of thioether (sulfide) groups is 1. The van der Waals surface area contributed by atoms with Crippen molar-refractivity contribution in [2.75, 3.05) is 6.54 Å². The van der Waals surface area contributed by atoms with Crippen LogP contribution in [0.25, 0.3) is 0 Å². The molecule has 0 saturated carbocycles. The first-order chi connectivity index (χ1) is 7.87. The maximum absolute atomic E-state index is 12.0. The summed E-state index contributed by atoms with van der Waals surface area (Å²) < 4.78 is 59.6. The zero-order chi connectivity index (χ0) is 12.9. The molecule has 1 aromatic rings. The minimum absolute atomic E-state index is 0.0788. The van der Waals surface area contributed by atoms with Crippen molar-refractivity contribution in [2.24, 2.45) is 0 Å². The van der Waals surface area contributed by atoms with Gasteiger partial charge in [0.2, 0.25) is 0 Å². The minimum Gasteiger partial charge on any atom is -0.307 e. The molecule has 1 rings (SSSR count). The van der Waals surface area contributed by atoms with E-state index in [0.29, 0.717) is 5.56 Å². The first-order valence-electron chi connectivity index (χ1n) is 4.70. The lowest BCUT2D eigenvalue weighted by molar-refractivity contribution is -0.0328. The van der Waals surface area contributed by atoms with Crippen molar-refractivity contribution in [2.45, 2.75) is 23.4 Å². The summed E-state index contributed by atoms with van der Waals surface area (Å²) in [5.74, 6) is 0. The van der Waals surface area contributed by atoms with Gasteiger partial charge < -0.3 is 5.32 Å². The van der Waals surface area contributed by atoms with Crippen LogP contribution in [0.15, 0.2) is 29.2 Å². The predicted molar refractivity (Wildman–Crippen MR) is 56.1 cm³/mol. The summed E-state index contributed by atoms with van der Waals surface area (Å²) in [6.45, 7) is -0.222. The normalized spacial score (nSPS) is 12.1. The van der Waals surface area contributed by atoms with Gasteiger partial charge in [0.1, 0.15) is 0 Å². The lowest BCUT2D eigenvalue weighted by Gasteiger charge is -2.07. The number of halogens is 5. The second-order valence-electron chi connectivity index (χ2n) is 3.21. The molecule has 1 N–H and O–H groups in total. The highest BCUT2D eigenvalue weighted by Crippen LogP contribution is 2.36. The minimum atomic E-state index is -4.31. The van der Waals surface area contributed by atoms with Gasteiger partial charge in [0.25, 0.3) is 6.43 Å². The third-order valence-corrected chi connectivity index (χ3v) is 2.52. The van der Waals surface area contributed by atoms with Crippen molar-refractivity contribution >= 4 is 11.8 Å². The monoisotopic (exact) mass is 271 g/mol. The summed E-state index contributed by atoms with van der Waals surface area (Å²) >= 11 is -0.202. The summed E-state index contributed by atoms with van der Waals surface area (Å²) in [6.07, 6.45) is -2.44. The van der Waals surface area contributed by atoms with Gasteiger partial charge in [0.05, 0.1) is 6.54 Å². The highest BCUT2D eigenvalue weighted by atomic mass is 32.2. The molecular weight excluding hydrogens is 261 g/mol. The van der Waals surface area contributed by atoms with Crippen LogP contribution >= 0.6 is 11.8 Å². The van der Waals surface area contributed by atoms with E-state index in [1.807, 2.05) is 0 Å². The van der Waals surface area contributed by atoms with Gasteiger partial charge in [-0.25, -0.2) is 8.78 Å². The Labute approximate surface area is 99.4 Å². The SMILES string of the molecule is FC(F)CNCc1ccc(SC(F)(F)F)cc1. The Morgan fingerprint density at radius 2 is 1.71 bits per heavy atom. The fraction of sp³-hybridized carbons (Fsp3) is 0.400. The third-order valence-electron chi connectivity index (χ3n) is 1.78. The van der Waals surface area contributed by atoms with Gasteiger partial charge in [-0.15, -0.1) is 0 Å². The van der Waals surface area contributed by atoms with Crippen LogP contribution in [-0.2, 0) is 6.54 Å². The molecule has 0 unspecified atom stereocenters. The molecule has 0 aromatic heterocycles. The Morgan fingerprint density at radius 3 is 2.18 bits per heavy atom. The van der Waals surface area contributed by atoms with Crippen LogP contribution in [0.2, 0.25) is 0 Å². The van der Waals surface area contributed by atoms with Crippen molar-refractivity contribution in [3.63, 3.8) is 0 Å². The van der Waals surface area contributed by atoms with Crippen LogP contribution in [0.3, 0.4) is 0 Å². The van der Waals surface area contributed by atoms with Gasteiger partial charge in [-0.05, 0) is 29.5 Å². The molecule has 1 aromatic carbocycles. The van der Waals surface area contributed by atoms with E-state index in [0.717, 1.165) is 0 Å².